The average molecular weight is 326 g/mol. The third-order valence-corrected chi connectivity index (χ3v) is 3.98. The number of nitrogens with zero attached hydrogens (tertiary/aromatic N) is 1. The number of H-pyrrole nitrogens is 1. The molecule has 24 heavy (non-hydrogen) atoms. The third kappa shape index (κ3) is 3.29. The van der Waals surface area contributed by atoms with Gasteiger partial charge < -0.3 is 9.88 Å². The van der Waals surface area contributed by atoms with Crippen molar-refractivity contribution in [1.29, 1.82) is 0 Å². The van der Waals surface area contributed by atoms with Crippen molar-refractivity contribution >= 4 is 23.4 Å². The van der Waals surface area contributed by atoms with Crippen molar-refractivity contribution in [2.24, 2.45) is 5.92 Å². The molecule has 1 fully saturated rings. The van der Waals surface area contributed by atoms with Crippen LogP contribution in [0.5, 0.6) is 0 Å². The Labute approximate surface area is 139 Å². The lowest BCUT2D eigenvalue weighted by atomic mass is 10.1. The summed E-state index contributed by atoms with van der Waals surface area (Å²) in [6, 6.07) is 10.9. The number of aromatic amines is 1. The van der Waals surface area contributed by atoms with Crippen LogP contribution in [0.3, 0.4) is 0 Å². The summed E-state index contributed by atoms with van der Waals surface area (Å²) in [5.74, 6) is -1.41. The van der Waals surface area contributed by atoms with Gasteiger partial charge >= 0.3 is 0 Å². The molecule has 3 N–H and O–H groups in total. The number of hydrogen-bond acceptors (Lipinski definition) is 3. The second-order valence-corrected chi connectivity index (χ2v) is 5.77. The van der Waals surface area contributed by atoms with Crippen molar-refractivity contribution in [2.75, 3.05) is 11.4 Å². The first-order valence-corrected chi connectivity index (χ1v) is 7.65. The molecular weight excluding hydrogens is 308 g/mol. The Morgan fingerprint density at radius 1 is 1.17 bits per heavy atom. The molecule has 1 aliphatic rings. The highest BCUT2D eigenvalue weighted by Crippen LogP contribution is 2.25. The smallest absolute Gasteiger partial charge is 0.286 e. The number of carbonyl (C=O) groups excluding carboxylic acids is 3. The molecule has 0 bridgehead atoms. The number of nitrogens with one attached hydrogen (secondary N) is 3. The molecule has 124 valence electrons. The fraction of sp³-hybridized carbons (Fsp3) is 0.235. The van der Waals surface area contributed by atoms with Crippen LogP contribution in [-0.2, 0) is 9.59 Å². The van der Waals surface area contributed by atoms with Gasteiger partial charge in [-0.05, 0) is 31.2 Å². The lowest BCUT2D eigenvalue weighted by Gasteiger charge is -2.17. The van der Waals surface area contributed by atoms with Gasteiger partial charge in [-0.3, -0.25) is 25.2 Å². The molecule has 3 rings (SSSR count). The van der Waals surface area contributed by atoms with Crippen molar-refractivity contribution in [3.63, 3.8) is 0 Å². The van der Waals surface area contributed by atoms with E-state index < -0.39 is 11.8 Å². The lowest BCUT2D eigenvalue weighted by molar-refractivity contribution is -0.126. The molecule has 0 spiro atoms. The second-order valence-electron chi connectivity index (χ2n) is 5.77. The van der Waals surface area contributed by atoms with E-state index in [4.69, 9.17) is 0 Å². The molecular formula is C17H18N4O3. The first-order chi connectivity index (χ1) is 11.5. The van der Waals surface area contributed by atoms with Crippen molar-refractivity contribution < 1.29 is 14.4 Å². The van der Waals surface area contributed by atoms with E-state index in [2.05, 4.69) is 15.8 Å². The summed E-state index contributed by atoms with van der Waals surface area (Å²) in [5, 5.41) is 0. The Morgan fingerprint density at radius 2 is 1.92 bits per heavy atom. The molecule has 1 aliphatic heterocycles. The molecule has 1 saturated heterocycles. The van der Waals surface area contributed by atoms with E-state index >= 15 is 0 Å². The first kappa shape index (κ1) is 15.8. The highest BCUT2D eigenvalue weighted by molar-refractivity contribution is 6.01. The summed E-state index contributed by atoms with van der Waals surface area (Å²) in [7, 11) is 0. The standard InChI is InChI=1S/C17H18N4O3/c1-11-4-6-13(7-5-11)21-10-12(9-15(21)22)16(23)19-20-17(24)14-3-2-8-18-14/h2-8,12,18H,9-10H2,1H3,(H,19,23)(H,20,24). The van der Waals surface area contributed by atoms with Crippen LogP contribution in [0, 0.1) is 12.8 Å². The van der Waals surface area contributed by atoms with Gasteiger partial charge in [-0.15, -0.1) is 0 Å². The average Bonchev–Trinajstić information content (AvgIpc) is 3.23. The number of carbonyl (C=O) groups is 3. The van der Waals surface area contributed by atoms with E-state index in [1.807, 2.05) is 31.2 Å². The summed E-state index contributed by atoms with van der Waals surface area (Å²) in [6.07, 6.45) is 1.74. The fourth-order valence-electron chi connectivity index (χ4n) is 2.62. The summed E-state index contributed by atoms with van der Waals surface area (Å²) in [6.45, 7) is 2.27. The summed E-state index contributed by atoms with van der Waals surface area (Å²) < 4.78 is 0. The van der Waals surface area contributed by atoms with E-state index in [0.717, 1.165) is 11.3 Å². The Hall–Kier alpha value is -3.09. The van der Waals surface area contributed by atoms with Gasteiger partial charge in [-0.25, -0.2) is 0 Å². The summed E-state index contributed by atoms with van der Waals surface area (Å²) in [4.78, 5) is 40.4. The highest BCUT2D eigenvalue weighted by atomic mass is 16.2. The van der Waals surface area contributed by atoms with Crippen LogP contribution in [0.4, 0.5) is 5.69 Å². The predicted octanol–water partition coefficient (Wildman–Crippen LogP) is 1.14. The largest absolute Gasteiger partial charge is 0.357 e. The Balaban J connectivity index is 1.58. The van der Waals surface area contributed by atoms with Gasteiger partial charge in [0.25, 0.3) is 5.91 Å². The molecule has 7 heteroatoms. The van der Waals surface area contributed by atoms with Crippen molar-refractivity contribution in [1.82, 2.24) is 15.8 Å². The fourth-order valence-corrected chi connectivity index (χ4v) is 2.62. The highest BCUT2D eigenvalue weighted by Gasteiger charge is 2.35. The molecule has 0 saturated carbocycles. The topological polar surface area (TPSA) is 94.3 Å². The van der Waals surface area contributed by atoms with Gasteiger partial charge in [-0.1, -0.05) is 17.7 Å². The first-order valence-electron chi connectivity index (χ1n) is 7.65. The predicted molar refractivity (Wildman–Crippen MR) is 88.0 cm³/mol. The van der Waals surface area contributed by atoms with Gasteiger partial charge in [0.2, 0.25) is 11.8 Å². The number of rotatable bonds is 3. The molecule has 2 heterocycles. The minimum atomic E-state index is -0.497. The number of aryl methyl sites for hydroxylation is 1. The van der Waals surface area contributed by atoms with E-state index in [1.165, 1.54) is 0 Å². The number of anilines is 1. The summed E-state index contributed by atoms with van der Waals surface area (Å²) >= 11 is 0. The van der Waals surface area contributed by atoms with Crippen LogP contribution in [0.2, 0.25) is 0 Å². The van der Waals surface area contributed by atoms with Crippen molar-refractivity contribution in [2.45, 2.75) is 13.3 Å². The SMILES string of the molecule is Cc1ccc(N2CC(C(=O)NNC(=O)c3ccc[nH]3)CC2=O)cc1. The molecule has 3 amide bonds. The van der Waals surface area contributed by atoms with Gasteiger partial charge in [-0.2, -0.15) is 0 Å². The van der Waals surface area contributed by atoms with Crippen LogP contribution in [-0.4, -0.2) is 29.3 Å². The molecule has 0 aliphatic carbocycles. The molecule has 0 radical (unpaired) electrons. The molecule has 7 nitrogen and oxygen atoms in total. The number of hydrogen-bond donors (Lipinski definition) is 3. The van der Waals surface area contributed by atoms with Crippen LogP contribution >= 0.6 is 0 Å². The zero-order chi connectivity index (χ0) is 17.1. The molecule has 2 aromatic rings. The Kier molecular flexibility index (Phi) is 4.33. The van der Waals surface area contributed by atoms with Crippen molar-refractivity contribution in [3.8, 4) is 0 Å². The monoisotopic (exact) mass is 326 g/mol. The zero-order valence-corrected chi connectivity index (χ0v) is 13.2. The van der Waals surface area contributed by atoms with E-state index in [1.54, 1.807) is 23.2 Å². The molecule has 1 aromatic carbocycles. The summed E-state index contributed by atoms with van der Waals surface area (Å²) in [5.41, 5.74) is 6.94. The van der Waals surface area contributed by atoms with Gasteiger partial charge in [0.1, 0.15) is 5.69 Å². The van der Waals surface area contributed by atoms with Crippen LogP contribution < -0.4 is 15.8 Å². The number of benzene rings is 1. The minimum Gasteiger partial charge on any atom is -0.357 e. The van der Waals surface area contributed by atoms with Gasteiger partial charge in [0, 0.05) is 24.8 Å². The van der Waals surface area contributed by atoms with Gasteiger partial charge in [0.15, 0.2) is 0 Å². The minimum absolute atomic E-state index is 0.102. The Bertz CT molecular complexity index is 753. The maximum atomic E-state index is 12.2. The van der Waals surface area contributed by atoms with Crippen molar-refractivity contribution in [3.05, 3.63) is 53.9 Å². The molecule has 1 aromatic heterocycles. The number of hydrazine groups is 1. The normalized spacial score (nSPS) is 17.0. The van der Waals surface area contributed by atoms with Crippen LogP contribution in [0.15, 0.2) is 42.6 Å². The zero-order valence-electron chi connectivity index (χ0n) is 13.2. The van der Waals surface area contributed by atoms with E-state index in [-0.39, 0.29) is 18.2 Å². The molecule has 1 unspecified atom stereocenters. The Morgan fingerprint density at radius 3 is 2.58 bits per heavy atom. The van der Waals surface area contributed by atoms with Crippen LogP contribution in [0.25, 0.3) is 0 Å². The maximum Gasteiger partial charge on any atom is 0.286 e. The van der Waals surface area contributed by atoms with Gasteiger partial charge in [0.05, 0.1) is 5.92 Å². The maximum absolute atomic E-state index is 12.2. The van der Waals surface area contributed by atoms with E-state index in [9.17, 15) is 14.4 Å². The van der Waals surface area contributed by atoms with E-state index in [0.29, 0.717) is 12.2 Å². The second kappa shape index (κ2) is 6.57. The number of amides is 3. The molecule has 1 atom stereocenters. The quantitative estimate of drug-likeness (QED) is 0.738. The number of aromatic nitrogens is 1. The van der Waals surface area contributed by atoms with Crippen LogP contribution in [0.1, 0.15) is 22.5 Å². The third-order valence-electron chi connectivity index (χ3n) is 3.98. The lowest BCUT2D eigenvalue weighted by Crippen LogP contribution is -2.45.